The van der Waals surface area contributed by atoms with E-state index in [1.807, 2.05) is 51.1 Å². The van der Waals surface area contributed by atoms with Crippen LogP contribution in [0, 0.1) is 20.8 Å². The number of rotatable bonds is 5. The Hall–Kier alpha value is -3.38. The van der Waals surface area contributed by atoms with Crippen molar-refractivity contribution in [1.82, 2.24) is 4.98 Å². The van der Waals surface area contributed by atoms with Gasteiger partial charge in [-0.2, -0.15) is 0 Å². The predicted molar refractivity (Wildman–Crippen MR) is 125 cm³/mol. The molecular formula is C25H24N2O3S. The van der Waals surface area contributed by atoms with E-state index in [-0.39, 0.29) is 17.0 Å². The van der Waals surface area contributed by atoms with Gasteiger partial charge in [-0.1, -0.05) is 36.4 Å². The molecule has 0 saturated heterocycles. The van der Waals surface area contributed by atoms with Crippen LogP contribution in [0.4, 0.5) is 5.69 Å². The molecule has 5 nitrogen and oxygen atoms in total. The van der Waals surface area contributed by atoms with Crippen molar-refractivity contribution in [2.45, 2.75) is 32.2 Å². The van der Waals surface area contributed by atoms with Crippen LogP contribution >= 0.6 is 0 Å². The Balaban J connectivity index is 1.86. The van der Waals surface area contributed by atoms with Crippen molar-refractivity contribution in [2.75, 3.05) is 4.31 Å². The fraction of sp³-hybridized carbons (Fsp3) is 0.160. The molecule has 0 aliphatic rings. The van der Waals surface area contributed by atoms with Gasteiger partial charge in [0.05, 0.1) is 17.1 Å². The van der Waals surface area contributed by atoms with Crippen molar-refractivity contribution < 1.29 is 8.42 Å². The molecule has 0 aliphatic heterocycles. The number of anilines is 1. The summed E-state index contributed by atoms with van der Waals surface area (Å²) >= 11 is 0. The Morgan fingerprint density at radius 1 is 0.839 bits per heavy atom. The summed E-state index contributed by atoms with van der Waals surface area (Å²) in [5.41, 5.74) is 4.43. The van der Waals surface area contributed by atoms with E-state index < -0.39 is 10.0 Å². The van der Waals surface area contributed by atoms with Gasteiger partial charge in [-0.25, -0.2) is 8.42 Å². The van der Waals surface area contributed by atoms with Crippen molar-refractivity contribution in [3.05, 3.63) is 105 Å². The van der Waals surface area contributed by atoms with Crippen LogP contribution in [-0.4, -0.2) is 13.4 Å². The zero-order chi connectivity index (χ0) is 22.2. The zero-order valence-corrected chi connectivity index (χ0v) is 18.5. The molecule has 0 spiro atoms. The van der Waals surface area contributed by atoms with Gasteiger partial charge in [0.1, 0.15) is 0 Å². The number of aromatic nitrogens is 1. The van der Waals surface area contributed by atoms with Gasteiger partial charge >= 0.3 is 0 Å². The molecule has 1 aromatic heterocycles. The zero-order valence-electron chi connectivity index (χ0n) is 17.7. The fourth-order valence-electron chi connectivity index (χ4n) is 3.55. The van der Waals surface area contributed by atoms with Crippen LogP contribution in [0.1, 0.15) is 22.3 Å². The first-order valence-electron chi connectivity index (χ1n) is 10.0. The smallest absolute Gasteiger partial charge is 0.264 e. The molecule has 4 rings (SSSR count). The number of aromatic amines is 1. The summed E-state index contributed by atoms with van der Waals surface area (Å²) in [6, 6.07) is 21.4. The fourth-order valence-corrected chi connectivity index (χ4v) is 5.00. The number of sulfonamides is 1. The van der Waals surface area contributed by atoms with Gasteiger partial charge in [-0.3, -0.25) is 9.10 Å². The van der Waals surface area contributed by atoms with Crippen LogP contribution in [-0.2, 0) is 16.6 Å². The molecule has 158 valence electrons. The van der Waals surface area contributed by atoms with E-state index in [0.717, 1.165) is 27.6 Å². The van der Waals surface area contributed by atoms with Gasteiger partial charge in [-0.15, -0.1) is 0 Å². The van der Waals surface area contributed by atoms with Gasteiger partial charge in [0, 0.05) is 11.1 Å². The molecule has 0 amide bonds. The number of benzene rings is 3. The molecular weight excluding hydrogens is 408 g/mol. The summed E-state index contributed by atoms with van der Waals surface area (Å²) in [6.07, 6.45) is 0. The average Bonchev–Trinajstić information content (AvgIpc) is 2.75. The topological polar surface area (TPSA) is 70.2 Å². The minimum atomic E-state index is -3.88. The Morgan fingerprint density at radius 2 is 1.58 bits per heavy atom. The molecule has 0 aliphatic carbocycles. The normalized spacial score (nSPS) is 11.6. The lowest BCUT2D eigenvalue weighted by atomic mass is 10.1. The number of H-pyrrole nitrogens is 1. The maximum atomic E-state index is 13.6. The van der Waals surface area contributed by atoms with Crippen molar-refractivity contribution in [3.63, 3.8) is 0 Å². The Kier molecular flexibility index (Phi) is 5.41. The number of nitrogens with one attached hydrogen (secondary N) is 1. The maximum Gasteiger partial charge on any atom is 0.264 e. The van der Waals surface area contributed by atoms with E-state index >= 15 is 0 Å². The number of pyridine rings is 1. The van der Waals surface area contributed by atoms with Crippen LogP contribution < -0.4 is 9.86 Å². The Labute approximate surface area is 182 Å². The largest absolute Gasteiger partial charge is 0.322 e. The second-order valence-electron chi connectivity index (χ2n) is 7.81. The number of hydrogen-bond donors (Lipinski definition) is 1. The van der Waals surface area contributed by atoms with Crippen LogP contribution in [0.15, 0.2) is 82.5 Å². The highest BCUT2D eigenvalue weighted by Gasteiger charge is 2.26. The van der Waals surface area contributed by atoms with Crippen LogP contribution in [0.2, 0.25) is 0 Å². The molecule has 0 atom stereocenters. The molecule has 0 unspecified atom stereocenters. The van der Waals surface area contributed by atoms with Crippen LogP contribution in [0.5, 0.6) is 0 Å². The number of fused-ring (bicyclic) bond motifs is 1. The molecule has 0 radical (unpaired) electrons. The molecule has 0 bridgehead atoms. The lowest BCUT2D eigenvalue weighted by molar-refractivity contribution is 0.590. The highest BCUT2D eigenvalue weighted by Crippen LogP contribution is 2.27. The summed E-state index contributed by atoms with van der Waals surface area (Å²) < 4.78 is 28.4. The predicted octanol–water partition coefficient (Wildman–Crippen LogP) is 4.85. The highest BCUT2D eigenvalue weighted by atomic mass is 32.2. The van der Waals surface area contributed by atoms with Gasteiger partial charge in [0.25, 0.3) is 15.6 Å². The van der Waals surface area contributed by atoms with E-state index in [1.54, 1.807) is 42.5 Å². The third-order valence-electron chi connectivity index (χ3n) is 5.50. The second-order valence-corrected chi connectivity index (χ2v) is 9.67. The lowest BCUT2D eigenvalue weighted by Crippen LogP contribution is -2.33. The van der Waals surface area contributed by atoms with Gasteiger partial charge < -0.3 is 4.98 Å². The molecule has 31 heavy (non-hydrogen) atoms. The number of aryl methyl sites for hydroxylation is 3. The summed E-state index contributed by atoms with van der Waals surface area (Å²) in [6.45, 7) is 5.81. The van der Waals surface area contributed by atoms with Gasteiger partial charge in [0.15, 0.2) is 0 Å². The third-order valence-corrected chi connectivity index (χ3v) is 7.29. The number of hydrogen-bond acceptors (Lipinski definition) is 3. The summed E-state index contributed by atoms with van der Waals surface area (Å²) in [5, 5.41) is 0.859. The maximum absolute atomic E-state index is 13.6. The molecule has 0 fully saturated rings. The standard InChI is InChI=1S/C25H24N2O3S/c1-17-9-11-20-15-21(25(28)26-24(20)13-17)16-27(22-12-10-18(2)19(3)14-22)31(29,30)23-7-5-4-6-8-23/h4-15H,16H2,1-3H3,(H,26,28). The van der Waals surface area contributed by atoms with Crippen molar-refractivity contribution in [1.29, 1.82) is 0 Å². The van der Waals surface area contributed by atoms with Gasteiger partial charge in [0.2, 0.25) is 0 Å². The van der Waals surface area contributed by atoms with Crippen molar-refractivity contribution in [3.8, 4) is 0 Å². The van der Waals surface area contributed by atoms with Crippen LogP contribution in [0.25, 0.3) is 10.9 Å². The minimum Gasteiger partial charge on any atom is -0.322 e. The minimum absolute atomic E-state index is 0.0706. The molecule has 4 aromatic rings. The second kappa shape index (κ2) is 8.04. The summed E-state index contributed by atoms with van der Waals surface area (Å²) in [7, 11) is -3.88. The first-order valence-corrected chi connectivity index (χ1v) is 11.5. The average molecular weight is 433 g/mol. The van der Waals surface area contributed by atoms with E-state index in [9.17, 15) is 13.2 Å². The van der Waals surface area contributed by atoms with E-state index in [1.165, 1.54) is 4.31 Å². The molecule has 0 saturated carbocycles. The quantitative estimate of drug-likeness (QED) is 0.490. The van der Waals surface area contributed by atoms with Crippen LogP contribution in [0.3, 0.4) is 0 Å². The van der Waals surface area contributed by atoms with E-state index in [4.69, 9.17) is 0 Å². The lowest BCUT2D eigenvalue weighted by Gasteiger charge is -2.25. The number of nitrogens with zero attached hydrogens (tertiary/aromatic N) is 1. The molecule has 6 heteroatoms. The van der Waals surface area contributed by atoms with E-state index in [2.05, 4.69) is 4.98 Å². The summed E-state index contributed by atoms with van der Waals surface area (Å²) in [4.78, 5) is 15.9. The monoisotopic (exact) mass is 432 g/mol. The SMILES string of the molecule is Cc1ccc2cc(CN(c3ccc(C)c(C)c3)S(=O)(=O)c3ccccc3)c(=O)[nH]c2c1. The Bertz CT molecular complexity index is 1420. The van der Waals surface area contributed by atoms with Crippen molar-refractivity contribution >= 4 is 26.6 Å². The first-order chi connectivity index (χ1) is 14.8. The van der Waals surface area contributed by atoms with Crippen molar-refractivity contribution in [2.24, 2.45) is 0 Å². The first kappa shape index (κ1) is 20.9. The molecule has 1 N–H and O–H groups in total. The molecule has 3 aromatic carbocycles. The van der Waals surface area contributed by atoms with Gasteiger partial charge in [-0.05, 0) is 79.2 Å². The molecule has 1 heterocycles. The van der Waals surface area contributed by atoms with E-state index in [0.29, 0.717) is 11.3 Å². The third kappa shape index (κ3) is 4.11. The summed E-state index contributed by atoms with van der Waals surface area (Å²) in [5.74, 6) is 0. The highest BCUT2D eigenvalue weighted by molar-refractivity contribution is 7.92. The Morgan fingerprint density at radius 3 is 2.29 bits per heavy atom.